The first kappa shape index (κ1) is 28.2. The number of nitrogens with one attached hydrogen (secondary N) is 1. The van der Waals surface area contributed by atoms with E-state index >= 15 is 0 Å². The highest BCUT2D eigenvalue weighted by atomic mass is 16.5. The molecule has 2 aliphatic heterocycles. The first-order chi connectivity index (χ1) is 20.2. The topological polar surface area (TPSA) is 96.8 Å². The summed E-state index contributed by atoms with van der Waals surface area (Å²) in [6.07, 6.45) is 4.27. The van der Waals surface area contributed by atoms with E-state index < -0.39 is 11.3 Å². The summed E-state index contributed by atoms with van der Waals surface area (Å²) in [5.41, 5.74) is 2.29. The van der Waals surface area contributed by atoms with Gasteiger partial charge in [-0.25, -0.2) is 0 Å². The molecule has 0 radical (unpaired) electrons. The summed E-state index contributed by atoms with van der Waals surface area (Å²) in [7, 11) is 0. The molecule has 1 spiro atoms. The van der Waals surface area contributed by atoms with E-state index in [1.54, 1.807) is 22.0 Å². The van der Waals surface area contributed by atoms with E-state index in [0.717, 1.165) is 17.5 Å². The zero-order valence-electron chi connectivity index (χ0n) is 24.4. The van der Waals surface area contributed by atoms with Crippen LogP contribution in [0.5, 0.6) is 0 Å². The summed E-state index contributed by atoms with van der Waals surface area (Å²) in [4.78, 5) is 43.8. The highest BCUT2D eigenvalue weighted by Gasteiger charge is 2.61. The van der Waals surface area contributed by atoms with Crippen LogP contribution in [0.2, 0.25) is 0 Å². The first-order valence-electron chi connectivity index (χ1n) is 14.8. The van der Waals surface area contributed by atoms with Gasteiger partial charge in [-0.05, 0) is 23.0 Å². The first-order valence-corrected chi connectivity index (χ1v) is 14.8. The maximum Gasteiger partial charge on any atom is 0.257 e. The molecule has 3 amide bonds. The Labute approximate surface area is 246 Å². The molecule has 3 heterocycles. The van der Waals surface area contributed by atoms with Crippen LogP contribution in [0.1, 0.15) is 41.8 Å². The van der Waals surface area contributed by atoms with Crippen molar-refractivity contribution in [2.45, 2.75) is 33.4 Å². The molecular weight excluding hydrogens is 530 g/mol. The van der Waals surface area contributed by atoms with Crippen LogP contribution in [0.25, 0.3) is 0 Å². The van der Waals surface area contributed by atoms with Gasteiger partial charge in [-0.1, -0.05) is 74.5 Å². The lowest BCUT2D eigenvalue weighted by Gasteiger charge is -2.50. The summed E-state index contributed by atoms with van der Waals surface area (Å²) in [6.45, 7) is 7.83. The molecule has 1 N–H and O–H groups in total. The molecular formula is C33H39N5O4. The monoisotopic (exact) mass is 569 g/mol. The number of carbonyl (C=O) groups is 3. The number of nitrogens with zero attached hydrogens (tertiary/aromatic N) is 4. The van der Waals surface area contributed by atoms with Crippen molar-refractivity contribution in [1.82, 2.24) is 24.9 Å². The predicted octanol–water partition coefficient (Wildman–Crippen LogP) is 3.21. The molecule has 3 fully saturated rings. The van der Waals surface area contributed by atoms with Crippen LogP contribution in [0, 0.1) is 22.7 Å². The Morgan fingerprint density at radius 2 is 1.57 bits per heavy atom. The molecule has 1 aliphatic carbocycles. The standard InChI is InChI=1S/C33H39N5O4/c1-32(2)15-27(32)31(41)37-22-33(23-37)21-36(30(40)26-16-35-38(18-26)17-24-9-5-3-6-10-24)19-28(33)29(39)34-13-14-42-20-25-11-7-4-8-12-25/h3-12,16,18,27-28H,13-15,17,19-23H2,1-2H3,(H,34,39)/t27-,28+/m1/s1. The summed E-state index contributed by atoms with van der Waals surface area (Å²) in [6, 6.07) is 19.9. The molecule has 0 unspecified atom stereocenters. The van der Waals surface area contributed by atoms with Gasteiger partial charge in [0.1, 0.15) is 0 Å². The lowest BCUT2D eigenvalue weighted by atomic mass is 9.71. The SMILES string of the molecule is CC1(C)C[C@@H]1C(=O)N1CC2(CN(C(=O)c3cnn(Cc4ccccc4)c3)C[C@H]2C(=O)NCCOCc2ccccc2)C1. The van der Waals surface area contributed by atoms with E-state index in [-0.39, 0.29) is 29.1 Å². The predicted molar refractivity (Wildman–Crippen MR) is 157 cm³/mol. The Kier molecular flexibility index (Phi) is 7.62. The van der Waals surface area contributed by atoms with E-state index in [0.29, 0.717) is 58.0 Å². The normalized spacial score (nSPS) is 21.7. The Bertz CT molecular complexity index is 1430. The molecule has 2 atom stereocenters. The molecule has 1 aromatic heterocycles. The van der Waals surface area contributed by atoms with E-state index in [2.05, 4.69) is 24.3 Å². The van der Waals surface area contributed by atoms with Crippen molar-refractivity contribution in [1.29, 1.82) is 0 Å². The van der Waals surface area contributed by atoms with E-state index in [1.165, 1.54) is 0 Å². The number of amides is 3. The van der Waals surface area contributed by atoms with Crippen molar-refractivity contribution in [2.75, 3.05) is 39.3 Å². The molecule has 42 heavy (non-hydrogen) atoms. The van der Waals surface area contributed by atoms with Crippen molar-refractivity contribution in [3.05, 3.63) is 89.7 Å². The molecule has 2 aromatic carbocycles. The maximum atomic E-state index is 13.6. The molecule has 3 aromatic rings. The van der Waals surface area contributed by atoms with Gasteiger partial charge in [0, 0.05) is 50.3 Å². The average Bonchev–Trinajstić information content (AvgIpc) is 3.30. The van der Waals surface area contributed by atoms with Crippen molar-refractivity contribution >= 4 is 17.7 Å². The number of aromatic nitrogens is 2. The van der Waals surface area contributed by atoms with Crippen molar-refractivity contribution in [3.8, 4) is 0 Å². The fraction of sp³-hybridized carbons (Fsp3) is 0.455. The van der Waals surface area contributed by atoms with Crippen molar-refractivity contribution in [2.24, 2.45) is 22.7 Å². The Balaban J connectivity index is 1.09. The number of carbonyl (C=O) groups excluding carboxylic acids is 3. The second-order valence-corrected chi connectivity index (χ2v) is 12.8. The van der Waals surface area contributed by atoms with Gasteiger partial charge in [0.2, 0.25) is 11.8 Å². The summed E-state index contributed by atoms with van der Waals surface area (Å²) in [5, 5.41) is 7.44. The van der Waals surface area contributed by atoms with Gasteiger partial charge in [-0.2, -0.15) is 5.10 Å². The highest BCUT2D eigenvalue weighted by molar-refractivity contribution is 5.95. The Hall–Kier alpha value is -3.98. The van der Waals surface area contributed by atoms with Crippen LogP contribution in [-0.2, 0) is 27.5 Å². The van der Waals surface area contributed by atoms with Gasteiger partial charge < -0.3 is 19.9 Å². The third kappa shape index (κ3) is 5.83. The average molecular weight is 570 g/mol. The second kappa shape index (κ2) is 11.4. The zero-order valence-corrected chi connectivity index (χ0v) is 24.4. The van der Waals surface area contributed by atoms with Crippen molar-refractivity contribution < 1.29 is 19.1 Å². The Morgan fingerprint density at radius 3 is 2.24 bits per heavy atom. The fourth-order valence-corrected chi connectivity index (χ4v) is 6.43. The maximum absolute atomic E-state index is 13.6. The van der Waals surface area contributed by atoms with E-state index in [9.17, 15) is 14.4 Å². The molecule has 9 nitrogen and oxygen atoms in total. The molecule has 1 saturated carbocycles. The minimum atomic E-state index is -0.445. The van der Waals surface area contributed by atoms with Crippen LogP contribution < -0.4 is 5.32 Å². The molecule has 3 aliphatic rings. The van der Waals surface area contributed by atoms with Crippen LogP contribution in [0.4, 0.5) is 0 Å². The molecule has 2 saturated heterocycles. The van der Waals surface area contributed by atoms with Gasteiger partial charge >= 0.3 is 0 Å². The number of benzene rings is 2. The Morgan fingerprint density at radius 1 is 0.929 bits per heavy atom. The van der Waals surface area contributed by atoms with Crippen LogP contribution in [0.15, 0.2) is 73.1 Å². The van der Waals surface area contributed by atoms with E-state index in [1.807, 2.05) is 65.6 Å². The molecule has 9 heteroatoms. The number of hydrogen-bond donors (Lipinski definition) is 1. The zero-order chi connectivity index (χ0) is 29.3. The number of rotatable bonds is 10. The molecule has 6 rings (SSSR count). The van der Waals surface area contributed by atoms with Gasteiger partial charge in [0.05, 0.1) is 37.4 Å². The lowest BCUT2D eigenvalue weighted by molar-refractivity contribution is -0.151. The summed E-state index contributed by atoms with van der Waals surface area (Å²) < 4.78 is 7.51. The molecule has 0 bridgehead atoms. The fourth-order valence-electron chi connectivity index (χ4n) is 6.43. The number of likely N-dealkylation sites (tertiary alicyclic amines) is 2. The van der Waals surface area contributed by atoms with Gasteiger partial charge in [0.15, 0.2) is 0 Å². The third-order valence-corrected chi connectivity index (χ3v) is 9.11. The van der Waals surface area contributed by atoms with Gasteiger partial charge in [-0.3, -0.25) is 19.1 Å². The highest BCUT2D eigenvalue weighted by Crippen LogP contribution is 2.54. The lowest BCUT2D eigenvalue weighted by Crippen LogP contribution is -2.64. The van der Waals surface area contributed by atoms with Crippen LogP contribution in [0.3, 0.4) is 0 Å². The number of hydrogen-bond acceptors (Lipinski definition) is 5. The quantitative estimate of drug-likeness (QED) is 0.379. The van der Waals surface area contributed by atoms with Crippen molar-refractivity contribution in [3.63, 3.8) is 0 Å². The smallest absolute Gasteiger partial charge is 0.257 e. The summed E-state index contributed by atoms with van der Waals surface area (Å²) >= 11 is 0. The number of ether oxygens (including phenoxy) is 1. The minimum absolute atomic E-state index is 0.0496. The molecule has 220 valence electrons. The van der Waals surface area contributed by atoms with Crippen LogP contribution in [-0.4, -0.2) is 76.6 Å². The minimum Gasteiger partial charge on any atom is -0.375 e. The second-order valence-electron chi connectivity index (χ2n) is 12.8. The van der Waals surface area contributed by atoms with Crippen LogP contribution >= 0.6 is 0 Å². The summed E-state index contributed by atoms with van der Waals surface area (Å²) in [5.74, 6) is -0.397. The third-order valence-electron chi connectivity index (χ3n) is 9.11. The largest absolute Gasteiger partial charge is 0.375 e. The van der Waals surface area contributed by atoms with E-state index in [4.69, 9.17) is 4.74 Å². The van der Waals surface area contributed by atoms with Gasteiger partial charge in [-0.15, -0.1) is 0 Å². The van der Waals surface area contributed by atoms with Gasteiger partial charge in [0.25, 0.3) is 5.91 Å².